The lowest BCUT2D eigenvalue weighted by atomic mass is 10.2. The number of methoxy groups -OCH3 is 2. The van der Waals surface area contributed by atoms with Crippen molar-refractivity contribution >= 4 is 16.9 Å². The third-order valence-electron chi connectivity index (χ3n) is 4.25. The van der Waals surface area contributed by atoms with Crippen LogP contribution < -0.4 is 14.2 Å². The number of nitro groups is 1. The second kappa shape index (κ2) is 7.47. The first kappa shape index (κ1) is 18.2. The van der Waals surface area contributed by atoms with Gasteiger partial charge in [0.1, 0.15) is 17.3 Å². The maximum atomic E-state index is 10.7. The number of benzene rings is 2. The van der Waals surface area contributed by atoms with Crippen molar-refractivity contribution in [2.75, 3.05) is 14.2 Å². The normalized spacial score (nSPS) is 10.7. The first-order chi connectivity index (χ1) is 14.1. The fourth-order valence-corrected chi connectivity index (χ4v) is 2.83. The lowest BCUT2D eigenvalue weighted by Gasteiger charge is -2.08. The largest absolute Gasteiger partial charge is 0.493 e. The summed E-state index contributed by atoms with van der Waals surface area (Å²) in [6, 6.07) is 13.1. The molecule has 2 heterocycles. The van der Waals surface area contributed by atoms with E-state index in [2.05, 4.69) is 15.0 Å². The van der Waals surface area contributed by atoms with Gasteiger partial charge in [-0.1, -0.05) is 0 Å². The maximum Gasteiger partial charge on any atom is 0.269 e. The van der Waals surface area contributed by atoms with Gasteiger partial charge in [0.25, 0.3) is 5.69 Å². The lowest BCUT2D eigenvalue weighted by molar-refractivity contribution is -0.384. The van der Waals surface area contributed by atoms with Crippen molar-refractivity contribution in [3.63, 3.8) is 0 Å². The van der Waals surface area contributed by atoms with Gasteiger partial charge in [-0.15, -0.1) is 0 Å². The molecule has 4 aromatic rings. The predicted molar refractivity (Wildman–Crippen MR) is 106 cm³/mol. The summed E-state index contributed by atoms with van der Waals surface area (Å²) < 4.78 is 16.3. The first-order valence-electron chi connectivity index (χ1n) is 8.58. The van der Waals surface area contributed by atoms with Gasteiger partial charge in [-0.25, -0.2) is 9.97 Å². The predicted octanol–water partition coefficient (Wildman–Crippen LogP) is 4.34. The summed E-state index contributed by atoms with van der Waals surface area (Å²) >= 11 is 0. The highest BCUT2D eigenvalue weighted by atomic mass is 16.6. The van der Waals surface area contributed by atoms with Crippen molar-refractivity contribution in [2.24, 2.45) is 0 Å². The Morgan fingerprint density at radius 2 is 1.72 bits per heavy atom. The van der Waals surface area contributed by atoms with Gasteiger partial charge in [-0.3, -0.25) is 10.1 Å². The molecule has 0 saturated heterocycles. The van der Waals surface area contributed by atoms with Crippen molar-refractivity contribution in [3.05, 3.63) is 64.8 Å². The molecule has 0 radical (unpaired) electrons. The molecule has 0 unspecified atom stereocenters. The molecule has 2 aromatic carbocycles. The zero-order chi connectivity index (χ0) is 20.4. The summed E-state index contributed by atoms with van der Waals surface area (Å²) in [7, 11) is 3.15. The first-order valence-corrected chi connectivity index (χ1v) is 8.58. The molecular formula is C20H16N4O5. The quantitative estimate of drug-likeness (QED) is 0.383. The highest BCUT2D eigenvalue weighted by molar-refractivity contribution is 5.77. The van der Waals surface area contributed by atoms with E-state index in [1.165, 1.54) is 24.3 Å². The van der Waals surface area contributed by atoms with Gasteiger partial charge >= 0.3 is 0 Å². The number of nitrogens with one attached hydrogen (secondary N) is 1. The molecule has 29 heavy (non-hydrogen) atoms. The van der Waals surface area contributed by atoms with Gasteiger partial charge in [0, 0.05) is 23.8 Å². The van der Waals surface area contributed by atoms with Crippen LogP contribution in [-0.2, 0) is 0 Å². The van der Waals surface area contributed by atoms with Crippen LogP contribution in [-0.4, -0.2) is 34.1 Å². The van der Waals surface area contributed by atoms with Crippen molar-refractivity contribution < 1.29 is 19.1 Å². The zero-order valence-electron chi connectivity index (χ0n) is 15.6. The van der Waals surface area contributed by atoms with E-state index in [9.17, 15) is 10.1 Å². The zero-order valence-corrected chi connectivity index (χ0v) is 15.6. The number of H-pyrrole nitrogens is 1. The van der Waals surface area contributed by atoms with E-state index in [0.717, 1.165) is 5.56 Å². The van der Waals surface area contributed by atoms with E-state index in [0.29, 0.717) is 40.0 Å². The third-order valence-corrected chi connectivity index (χ3v) is 4.25. The number of nitro benzene ring substituents is 1. The fraction of sp³-hybridized carbons (Fsp3) is 0.100. The van der Waals surface area contributed by atoms with Gasteiger partial charge < -0.3 is 19.2 Å². The Balaban J connectivity index is 1.61. The smallest absolute Gasteiger partial charge is 0.269 e. The van der Waals surface area contributed by atoms with E-state index in [1.54, 1.807) is 32.5 Å². The Bertz CT molecular complexity index is 1190. The van der Waals surface area contributed by atoms with E-state index in [-0.39, 0.29) is 5.69 Å². The van der Waals surface area contributed by atoms with Crippen LogP contribution >= 0.6 is 0 Å². The summed E-state index contributed by atoms with van der Waals surface area (Å²) in [4.78, 5) is 22.3. The van der Waals surface area contributed by atoms with Crippen molar-refractivity contribution in [3.8, 4) is 34.4 Å². The van der Waals surface area contributed by atoms with Crippen LogP contribution in [0.25, 0.3) is 22.6 Å². The highest BCUT2D eigenvalue weighted by Crippen LogP contribution is 2.32. The molecule has 0 saturated carbocycles. The second-order valence-corrected chi connectivity index (χ2v) is 6.05. The SMILES string of the molecule is COc1ccc(-c2nc3ncc(Oc4ccc([N+](=O)[O-])cc4)cc3[nH]2)cc1OC. The van der Waals surface area contributed by atoms with Crippen LogP contribution in [0.1, 0.15) is 0 Å². The maximum absolute atomic E-state index is 10.7. The number of imidazole rings is 1. The summed E-state index contributed by atoms with van der Waals surface area (Å²) in [6.07, 6.45) is 1.54. The Morgan fingerprint density at radius 3 is 2.41 bits per heavy atom. The molecule has 0 amide bonds. The summed E-state index contributed by atoms with van der Waals surface area (Å²) in [5, 5.41) is 10.7. The number of fused-ring (bicyclic) bond motifs is 1. The Hall–Kier alpha value is -4.14. The van der Waals surface area contributed by atoms with Gasteiger partial charge in [0.2, 0.25) is 0 Å². The van der Waals surface area contributed by atoms with E-state index >= 15 is 0 Å². The summed E-state index contributed by atoms with van der Waals surface area (Å²) in [5.74, 6) is 2.80. The molecule has 1 N–H and O–H groups in total. The molecule has 0 aliphatic rings. The molecule has 0 atom stereocenters. The van der Waals surface area contributed by atoms with E-state index in [1.807, 2.05) is 12.1 Å². The van der Waals surface area contributed by atoms with Crippen molar-refractivity contribution in [2.45, 2.75) is 0 Å². The Kier molecular flexibility index (Phi) is 4.70. The molecule has 146 valence electrons. The van der Waals surface area contributed by atoms with E-state index in [4.69, 9.17) is 14.2 Å². The molecule has 0 spiro atoms. The molecule has 0 aliphatic carbocycles. The third kappa shape index (κ3) is 3.65. The number of non-ortho nitro benzene ring substituents is 1. The Labute approximate surface area is 165 Å². The number of nitrogens with zero attached hydrogens (tertiary/aromatic N) is 3. The highest BCUT2D eigenvalue weighted by Gasteiger charge is 2.12. The van der Waals surface area contributed by atoms with Crippen LogP contribution in [0.15, 0.2) is 54.7 Å². The number of pyridine rings is 1. The molecule has 0 aliphatic heterocycles. The average Bonchev–Trinajstić information content (AvgIpc) is 3.17. The topological polar surface area (TPSA) is 112 Å². The van der Waals surface area contributed by atoms with Crippen LogP contribution in [0.5, 0.6) is 23.0 Å². The molecule has 2 aromatic heterocycles. The number of rotatable bonds is 6. The minimum Gasteiger partial charge on any atom is -0.493 e. The molecule has 0 bridgehead atoms. The van der Waals surface area contributed by atoms with Gasteiger partial charge in [-0.05, 0) is 30.3 Å². The number of hydrogen-bond donors (Lipinski definition) is 1. The van der Waals surface area contributed by atoms with Gasteiger partial charge in [0.05, 0.1) is 30.9 Å². The average molecular weight is 392 g/mol. The van der Waals surface area contributed by atoms with Gasteiger partial charge in [0.15, 0.2) is 17.1 Å². The minimum atomic E-state index is -0.461. The standard InChI is InChI=1S/C20H16N4O5/c1-27-17-8-3-12(9-18(17)28-2)19-22-16-10-15(11-21-20(16)23-19)29-14-6-4-13(5-7-14)24(25)26/h3-11H,1-2H3,(H,21,22,23). The molecule has 0 fully saturated rings. The number of hydrogen-bond acceptors (Lipinski definition) is 7. The number of aromatic nitrogens is 3. The van der Waals surface area contributed by atoms with Crippen LogP contribution in [0.2, 0.25) is 0 Å². The molecular weight excluding hydrogens is 376 g/mol. The minimum absolute atomic E-state index is 0.000874. The van der Waals surface area contributed by atoms with Crippen molar-refractivity contribution in [1.82, 2.24) is 15.0 Å². The van der Waals surface area contributed by atoms with Crippen LogP contribution in [0, 0.1) is 10.1 Å². The van der Waals surface area contributed by atoms with Crippen LogP contribution in [0.3, 0.4) is 0 Å². The van der Waals surface area contributed by atoms with Crippen molar-refractivity contribution in [1.29, 1.82) is 0 Å². The summed E-state index contributed by atoms with van der Waals surface area (Å²) in [6.45, 7) is 0. The molecule has 9 nitrogen and oxygen atoms in total. The monoisotopic (exact) mass is 392 g/mol. The number of ether oxygens (including phenoxy) is 3. The summed E-state index contributed by atoms with van der Waals surface area (Å²) in [5.41, 5.74) is 2.04. The van der Waals surface area contributed by atoms with Crippen LogP contribution in [0.4, 0.5) is 5.69 Å². The number of aromatic amines is 1. The second-order valence-electron chi connectivity index (χ2n) is 6.05. The lowest BCUT2D eigenvalue weighted by Crippen LogP contribution is -1.91. The van der Waals surface area contributed by atoms with E-state index < -0.39 is 4.92 Å². The fourth-order valence-electron chi connectivity index (χ4n) is 2.83. The Morgan fingerprint density at radius 1 is 0.966 bits per heavy atom. The van der Waals surface area contributed by atoms with Gasteiger partial charge in [-0.2, -0.15) is 0 Å². The molecule has 4 rings (SSSR count). The molecule has 9 heteroatoms.